The Morgan fingerprint density at radius 3 is 2.94 bits per heavy atom. The number of carbonyl (C=O) groups excluding carboxylic acids is 1. The Morgan fingerprint density at radius 2 is 2.25 bits per heavy atom. The molecule has 3 nitrogen and oxygen atoms in total. The molecule has 1 N–H and O–H groups in total. The van der Waals surface area contributed by atoms with Crippen molar-refractivity contribution in [3.05, 3.63) is 34.9 Å². The van der Waals surface area contributed by atoms with Gasteiger partial charge in [0.1, 0.15) is 0 Å². The first kappa shape index (κ1) is 12.4. The predicted molar refractivity (Wildman–Crippen MR) is 63.4 cm³/mol. The topological polar surface area (TPSA) is 38.3 Å². The highest BCUT2D eigenvalue weighted by Gasteiger charge is 1.96. The monoisotopic (exact) mass is 237 g/mol. The van der Waals surface area contributed by atoms with E-state index in [0.29, 0.717) is 11.6 Å². The van der Waals surface area contributed by atoms with Gasteiger partial charge in [0.15, 0.2) is 0 Å². The molecule has 0 aliphatic heterocycles. The van der Waals surface area contributed by atoms with Crippen LogP contribution < -0.4 is 5.32 Å². The number of ether oxygens (including phenoxy) is 1. The van der Waals surface area contributed by atoms with Crippen LogP contribution in [-0.2, 0) is 4.74 Å². The van der Waals surface area contributed by atoms with Crippen molar-refractivity contribution in [3.63, 3.8) is 0 Å². The highest BCUT2D eigenvalue weighted by atomic mass is 35.5. The predicted octanol–water partition coefficient (Wildman–Crippen LogP) is 2.44. The van der Waals surface area contributed by atoms with E-state index in [1.54, 1.807) is 13.0 Å². The van der Waals surface area contributed by atoms with Gasteiger partial charge in [-0.25, -0.2) is 4.79 Å². The van der Waals surface area contributed by atoms with Crippen LogP contribution in [0.4, 0.5) is 4.79 Å². The van der Waals surface area contributed by atoms with Gasteiger partial charge in [-0.15, -0.1) is 0 Å². The molecule has 0 heterocycles. The van der Waals surface area contributed by atoms with Crippen molar-refractivity contribution in [1.82, 2.24) is 5.32 Å². The van der Waals surface area contributed by atoms with Gasteiger partial charge in [-0.3, -0.25) is 0 Å². The highest BCUT2D eigenvalue weighted by molar-refractivity contribution is 6.31. The first-order chi connectivity index (χ1) is 7.74. The summed E-state index contributed by atoms with van der Waals surface area (Å²) < 4.78 is 4.67. The molecular formula is C12H12ClNO2. The van der Waals surface area contributed by atoms with E-state index in [2.05, 4.69) is 21.9 Å². The molecule has 0 saturated heterocycles. The van der Waals surface area contributed by atoms with Crippen LogP contribution in [-0.4, -0.2) is 19.2 Å². The maximum atomic E-state index is 10.9. The average molecular weight is 238 g/mol. The van der Waals surface area contributed by atoms with E-state index >= 15 is 0 Å². The minimum absolute atomic E-state index is 0.240. The van der Waals surface area contributed by atoms with Crippen LogP contribution in [0.15, 0.2) is 24.3 Å². The molecule has 0 spiro atoms. The molecule has 0 aliphatic carbocycles. The van der Waals surface area contributed by atoms with Crippen LogP contribution >= 0.6 is 11.6 Å². The third kappa shape index (κ3) is 4.24. The Balaban J connectivity index is 2.44. The molecule has 0 bridgehead atoms. The van der Waals surface area contributed by atoms with E-state index in [1.807, 2.05) is 18.2 Å². The van der Waals surface area contributed by atoms with Crippen LogP contribution in [0.3, 0.4) is 0 Å². The normalized spacial score (nSPS) is 8.88. The van der Waals surface area contributed by atoms with Crippen molar-refractivity contribution >= 4 is 17.7 Å². The van der Waals surface area contributed by atoms with Gasteiger partial charge in [0.05, 0.1) is 18.2 Å². The minimum Gasteiger partial charge on any atom is -0.450 e. The van der Waals surface area contributed by atoms with Gasteiger partial charge in [0.25, 0.3) is 0 Å². The third-order valence-corrected chi connectivity index (χ3v) is 2.02. The van der Waals surface area contributed by atoms with Gasteiger partial charge >= 0.3 is 6.09 Å². The first-order valence-corrected chi connectivity index (χ1v) is 5.26. The minimum atomic E-state index is -0.462. The lowest BCUT2D eigenvalue weighted by Crippen LogP contribution is -2.24. The van der Waals surface area contributed by atoms with Crippen molar-refractivity contribution in [3.8, 4) is 11.8 Å². The summed E-state index contributed by atoms with van der Waals surface area (Å²) >= 11 is 5.90. The fraction of sp³-hybridized carbons (Fsp3) is 0.250. The molecule has 0 saturated carbocycles. The molecule has 0 fully saturated rings. The zero-order valence-electron chi connectivity index (χ0n) is 8.92. The zero-order valence-corrected chi connectivity index (χ0v) is 9.67. The van der Waals surface area contributed by atoms with Crippen molar-refractivity contribution in [2.75, 3.05) is 13.2 Å². The fourth-order valence-corrected chi connectivity index (χ4v) is 1.18. The average Bonchev–Trinajstić information content (AvgIpc) is 2.27. The van der Waals surface area contributed by atoms with Gasteiger partial charge in [0.2, 0.25) is 0 Å². The summed E-state index contributed by atoms with van der Waals surface area (Å²) in [7, 11) is 0. The van der Waals surface area contributed by atoms with Gasteiger partial charge in [-0.1, -0.05) is 35.6 Å². The Kier molecular flexibility index (Phi) is 5.24. The van der Waals surface area contributed by atoms with Crippen molar-refractivity contribution in [2.45, 2.75) is 6.92 Å². The second-order valence-corrected chi connectivity index (χ2v) is 3.26. The van der Waals surface area contributed by atoms with Crippen molar-refractivity contribution in [1.29, 1.82) is 0 Å². The summed E-state index contributed by atoms with van der Waals surface area (Å²) in [4.78, 5) is 10.9. The smallest absolute Gasteiger partial charge is 0.407 e. The van der Waals surface area contributed by atoms with Gasteiger partial charge in [0, 0.05) is 5.56 Å². The molecule has 0 aromatic heterocycles. The van der Waals surface area contributed by atoms with Crippen LogP contribution in [0.5, 0.6) is 0 Å². The summed E-state index contributed by atoms with van der Waals surface area (Å²) in [5, 5.41) is 3.10. The van der Waals surface area contributed by atoms with Crippen LogP contribution in [0.25, 0.3) is 0 Å². The zero-order chi connectivity index (χ0) is 11.8. The number of amides is 1. The van der Waals surface area contributed by atoms with E-state index in [-0.39, 0.29) is 6.54 Å². The lowest BCUT2D eigenvalue weighted by molar-refractivity contribution is 0.153. The summed E-state index contributed by atoms with van der Waals surface area (Å²) in [6.07, 6.45) is -0.462. The number of hydrogen-bond acceptors (Lipinski definition) is 2. The number of hydrogen-bond donors (Lipinski definition) is 1. The molecular weight excluding hydrogens is 226 g/mol. The molecule has 0 atom stereocenters. The molecule has 1 aromatic carbocycles. The summed E-state index contributed by atoms with van der Waals surface area (Å²) in [5.74, 6) is 5.64. The maximum absolute atomic E-state index is 10.9. The number of carbonyl (C=O) groups is 1. The number of nitrogens with one attached hydrogen (secondary N) is 1. The standard InChI is InChI=1S/C12H12ClNO2/c1-2-16-12(15)14-9-5-7-10-6-3-4-8-11(10)13/h3-4,6,8H,2,9H2,1H3,(H,14,15). The second kappa shape index (κ2) is 6.76. The molecule has 16 heavy (non-hydrogen) atoms. The van der Waals surface area contributed by atoms with Crippen LogP contribution in [0.2, 0.25) is 5.02 Å². The maximum Gasteiger partial charge on any atom is 0.407 e. The lowest BCUT2D eigenvalue weighted by atomic mass is 10.2. The quantitative estimate of drug-likeness (QED) is 0.803. The van der Waals surface area contributed by atoms with E-state index in [1.165, 1.54) is 0 Å². The Labute approximate surface area is 99.7 Å². The molecule has 4 heteroatoms. The van der Waals surface area contributed by atoms with Crippen LogP contribution in [0.1, 0.15) is 12.5 Å². The molecule has 1 amide bonds. The third-order valence-electron chi connectivity index (χ3n) is 1.69. The number of alkyl carbamates (subject to hydrolysis) is 1. The fourth-order valence-electron chi connectivity index (χ4n) is 1.00. The van der Waals surface area contributed by atoms with Gasteiger partial charge in [-0.2, -0.15) is 0 Å². The van der Waals surface area contributed by atoms with E-state index < -0.39 is 6.09 Å². The Morgan fingerprint density at radius 1 is 1.50 bits per heavy atom. The van der Waals surface area contributed by atoms with E-state index in [0.717, 1.165) is 5.56 Å². The van der Waals surface area contributed by atoms with Crippen molar-refractivity contribution < 1.29 is 9.53 Å². The highest BCUT2D eigenvalue weighted by Crippen LogP contribution is 2.12. The van der Waals surface area contributed by atoms with Gasteiger partial charge < -0.3 is 10.1 Å². The molecule has 84 valence electrons. The van der Waals surface area contributed by atoms with Crippen LogP contribution in [0, 0.1) is 11.8 Å². The molecule has 0 radical (unpaired) electrons. The Bertz CT molecular complexity index is 421. The molecule has 0 unspecified atom stereocenters. The Hall–Kier alpha value is -1.66. The van der Waals surface area contributed by atoms with E-state index in [4.69, 9.17) is 11.6 Å². The molecule has 1 rings (SSSR count). The SMILES string of the molecule is CCOC(=O)NCC#Cc1ccccc1Cl. The van der Waals surface area contributed by atoms with Gasteiger partial charge in [-0.05, 0) is 19.1 Å². The lowest BCUT2D eigenvalue weighted by Gasteiger charge is -1.99. The summed E-state index contributed by atoms with van der Waals surface area (Å²) in [6, 6.07) is 7.28. The molecule has 1 aromatic rings. The summed E-state index contributed by atoms with van der Waals surface area (Å²) in [5.41, 5.74) is 0.745. The second-order valence-electron chi connectivity index (χ2n) is 2.86. The van der Waals surface area contributed by atoms with Crippen molar-refractivity contribution in [2.24, 2.45) is 0 Å². The molecule has 0 aliphatic rings. The first-order valence-electron chi connectivity index (χ1n) is 4.88. The summed E-state index contributed by atoms with van der Waals surface area (Å²) in [6.45, 7) is 2.34. The van der Waals surface area contributed by atoms with E-state index in [9.17, 15) is 4.79 Å². The largest absolute Gasteiger partial charge is 0.450 e. The number of benzene rings is 1. The number of rotatable bonds is 2. The number of halogens is 1.